The number of benzene rings is 1. The molecule has 0 radical (unpaired) electrons. The maximum atomic E-state index is 11.3. The molecule has 0 aromatic heterocycles. The van der Waals surface area contributed by atoms with Gasteiger partial charge in [0.1, 0.15) is 0 Å². The van der Waals surface area contributed by atoms with Crippen LogP contribution in [0.4, 0.5) is 0 Å². The maximum Gasteiger partial charge on any atom is 0.174 e. The van der Waals surface area contributed by atoms with Gasteiger partial charge in [0.25, 0.3) is 0 Å². The largest absolute Gasteiger partial charge is 0.293 e. The van der Waals surface area contributed by atoms with Crippen LogP contribution in [0.25, 0.3) is 0 Å². The van der Waals surface area contributed by atoms with Crippen LogP contribution >= 0.6 is 50.1 Å². The normalized spacial score (nSPS) is 9.92. The van der Waals surface area contributed by atoms with Crippen LogP contribution in [-0.4, -0.2) is 11.1 Å². The fourth-order valence-corrected chi connectivity index (χ4v) is 1.89. The number of Topliss-reactive ketones (excluding diaryl/α,β-unsaturated/α-hetero) is 1. The van der Waals surface area contributed by atoms with Gasteiger partial charge in [-0.25, -0.2) is 0 Å². The van der Waals surface area contributed by atoms with E-state index < -0.39 is 0 Å². The van der Waals surface area contributed by atoms with E-state index in [1.165, 1.54) is 0 Å². The molecular weight excluding hydrogens is 354 g/mol. The third kappa shape index (κ3) is 2.44. The second-order valence-corrected chi connectivity index (χ2v) is 4.34. The van der Waals surface area contributed by atoms with E-state index in [1.807, 2.05) is 6.07 Å². The average molecular weight is 359 g/mol. The summed E-state index contributed by atoms with van der Waals surface area (Å²) in [4.78, 5) is 11.3. The Kier molecular flexibility index (Phi) is 3.99. The van der Waals surface area contributed by atoms with Crippen molar-refractivity contribution >= 4 is 55.9 Å². The molecule has 1 aromatic rings. The minimum Gasteiger partial charge on any atom is -0.293 e. The highest BCUT2D eigenvalue weighted by atomic mass is 127. The standard InChI is InChI=1S/C8H5BrClIO/c9-4-8(12)6-3-5(10)1-2-7(6)11/h1-3H,4H2. The van der Waals surface area contributed by atoms with Crippen LogP contribution in [0.1, 0.15) is 10.4 Å². The summed E-state index contributed by atoms with van der Waals surface area (Å²) in [6, 6.07) is 5.29. The second kappa shape index (κ2) is 4.58. The van der Waals surface area contributed by atoms with Crippen LogP contribution in [0.5, 0.6) is 0 Å². The number of ketones is 1. The van der Waals surface area contributed by atoms with Gasteiger partial charge in [0, 0.05) is 14.2 Å². The molecule has 64 valence electrons. The Hall–Kier alpha value is 0.390. The molecule has 1 nitrogen and oxygen atoms in total. The molecule has 0 saturated carbocycles. The van der Waals surface area contributed by atoms with E-state index in [2.05, 4.69) is 38.5 Å². The molecule has 0 spiro atoms. The van der Waals surface area contributed by atoms with Crippen LogP contribution in [0.15, 0.2) is 18.2 Å². The maximum absolute atomic E-state index is 11.3. The molecule has 0 saturated heterocycles. The molecule has 0 aliphatic heterocycles. The van der Waals surface area contributed by atoms with Crippen LogP contribution < -0.4 is 0 Å². The lowest BCUT2D eigenvalue weighted by Crippen LogP contribution is -2.02. The van der Waals surface area contributed by atoms with Crippen molar-refractivity contribution in [1.82, 2.24) is 0 Å². The number of hydrogen-bond acceptors (Lipinski definition) is 1. The lowest BCUT2D eigenvalue weighted by molar-refractivity contribution is 0.102. The van der Waals surface area contributed by atoms with Crippen molar-refractivity contribution in [3.63, 3.8) is 0 Å². The predicted octanol–water partition coefficient (Wildman–Crippen LogP) is 3.52. The van der Waals surface area contributed by atoms with Gasteiger partial charge in [0.15, 0.2) is 5.78 Å². The van der Waals surface area contributed by atoms with Gasteiger partial charge in [-0.1, -0.05) is 27.5 Å². The summed E-state index contributed by atoms with van der Waals surface area (Å²) in [5.41, 5.74) is 0.681. The van der Waals surface area contributed by atoms with Gasteiger partial charge in [-0.05, 0) is 40.8 Å². The molecule has 0 bridgehead atoms. The zero-order chi connectivity index (χ0) is 9.14. The second-order valence-electron chi connectivity index (χ2n) is 2.18. The van der Waals surface area contributed by atoms with Crippen molar-refractivity contribution in [1.29, 1.82) is 0 Å². The van der Waals surface area contributed by atoms with E-state index >= 15 is 0 Å². The molecule has 0 unspecified atom stereocenters. The highest BCUT2D eigenvalue weighted by Crippen LogP contribution is 2.18. The molecular formula is C8H5BrClIO. The minimum absolute atomic E-state index is 0.0573. The molecule has 0 aliphatic carbocycles. The first-order chi connectivity index (χ1) is 5.65. The molecule has 0 fully saturated rings. The smallest absolute Gasteiger partial charge is 0.174 e. The number of hydrogen-bond donors (Lipinski definition) is 0. The summed E-state index contributed by atoms with van der Waals surface area (Å²) in [5, 5.41) is 0.934. The zero-order valence-corrected chi connectivity index (χ0v) is 10.5. The lowest BCUT2D eigenvalue weighted by Gasteiger charge is -2.00. The van der Waals surface area contributed by atoms with Crippen molar-refractivity contribution < 1.29 is 4.79 Å². The third-order valence-corrected chi connectivity index (χ3v) is 3.04. The summed E-state index contributed by atoms with van der Waals surface area (Å²) in [6.45, 7) is 0. The van der Waals surface area contributed by atoms with Crippen LogP contribution in [0.3, 0.4) is 0 Å². The molecule has 1 aromatic carbocycles. The van der Waals surface area contributed by atoms with Crippen LogP contribution in [0.2, 0.25) is 5.02 Å². The number of halogens is 3. The van der Waals surface area contributed by atoms with E-state index in [-0.39, 0.29) is 5.78 Å². The summed E-state index contributed by atoms with van der Waals surface area (Å²) >= 11 is 11.0. The molecule has 0 N–H and O–H groups in total. The van der Waals surface area contributed by atoms with Gasteiger partial charge in [-0.3, -0.25) is 4.79 Å². The monoisotopic (exact) mass is 358 g/mol. The van der Waals surface area contributed by atoms with E-state index in [9.17, 15) is 4.79 Å². The summed E-state index contributed by atoms with van der Waals surface area (Å²) in [5.74, 6) is 0.0573. The molecule has 0 heterocycles. The molecule has 1 rings (SSSR count). The molecule has 0 aliphatic rings. The van der Waals surface area contributed by atoms with Gasteiger partial charge in [-0.2, -0.15) is 0 Å². The Bertz CT molecular complexity index is 314. The van der Waals surface area contributed by atoms with E-state index in [4.69, 9.17) is 11.6 Å². The Morgan fingerprint density at radius 3 is 2.83 bits per heavy atom. The van der Waals surface area contributed by atoms with E-state index in [1.54, 1.807) is 12.1 Å². The van der Waals surface area contributed by atoms with Gasteiger partial charge in [-0.15, -0.1) is 0 Å². The summed E-state index contributed by atoms with van der Waals surface area (Å²) < 4.78 is 0.932. The number of carbonyl (C=O) groups excluding carboxylic acids is 1. The van der Waals surface area contributed by atoms with Crippen molar-refractivity contribution in [3.8, 4) is 0 Å². The van der Waals surface area contributed by atoms with Crippen molar-refractivity contribution in [3.05, 3.63) is 32.4 Å². The quantitative estimate of drug-likeness (QED) is 0.449. The Balaban J connectivity index is 3.13. The molecule has 12 heavy (non-hydrogen) atoms. The van der Waals surface area contributed by atoms with Crippen molar-refractivity contribution in [2.24, 2.45) is 0 Å². The van der Waals surface area contributed by atoms with Crippen molar-refractivity contribution in [2.75, 3.05) is 5.33 Å². The molecule has 4 heteroatoms. The Labute approximate surface area is 97.8 Å². The van der Waals surface area contributed by atoms with Crippen LogP contribution in [0, 0.1) is 3.57 Å². The number of rotatable bonds is 2. The highest BCUT2D eigenvalue weighted by Gasteiger charge is 2.08. The first-order valence-corrected chi connectivity index (χ1v) is 5.77. The topological polar surface area (TPSA) is 17.1 Å². The average Bonchev–Trinajstić information content (AvgIpc) is 2.08. The van der Waals surface area contributed by atoms with Gasteiger partial charge in [0.05, 0.1) is 5.33 Å². The summed E-state index contributed by atoms with van der Waals surface area (Å²) in [7, 11) is 0. The third-order valence-electron chi connectivity index (χ3n) is 1.35. The number of carbonyl (C=O) groups is 1. The fourth-order valence-electron chi connectivity index (χ4n) is 0.783. The van der Waals surface area contributed by atoms with E-state index in [0.29, 0.717) is 15.9 Å². The van der Waals surface area contributed by atoms with Gasteiger partial charge >= 0.3 is 0 Å². The van der Waals surface area contributed by atoms with Gasteiger partial charge in [0.2, 0.25) is 0 Å². The molecule has 0 amide bonds. The zero-order valence-electron chi connectivity index (χ0n) is 5.98. The number of alkyl halides is 1. The Morgan fingerprint density at radius 1 is 1.58 bits per heavy atom. The minimum atomic E-state index is 0.0573. The molecule has 0 atom stereocenters. The first kappa shape index (κ1) is 10.5. The fraction of sp³-hybridized carbons (Fsp3) is 0.125. The van der Waals surface area contributed by atoms with Crippen LogP contribution in [-0.2, 0) is 0 Å². The lowest BCUT2D eigenvalue weighted by atomic mass is 10.1. The predicted molar refractivity (Wildman–Crippen MR) is 62.3 cm³/mol. The summed E-state index contributed by atoms with van der Waals surface area (Å²) in [6.07, 6.45) is 0. The Morgan fingerprint density at radius 2 is 2.25 bits per heavy atom. The first-order valence-electron chi connectivity index (χ1n) is 3.19. The van der Waals surface area contributed by atoms with Gasteiger partial charge < -0.3 is 0 Å². The van der Waals surface area contributed by atoms with E-state index in [0.717, 1.165) is 3.57 Å². The highest BCUT2D eigenvalue weighted by molar-refractivity contribution is 14.1. The SMILES string of the molecule is O=C(CBr)c1cc(Cl)ccc1I. The van der Waals surface area contributed by atoms with Crippen molar-refractivity contribution in [2.45, 2.75) is 0 Å².